The molecule has 0 aliphatic carbocycles. The molecule has 0 amide bonds. The van der Waals surface area contributed by atoms with Crippen LogP contribution < -0.4 is 5.63 Å². The van der Waals surface area contributed by atoms with E-state index in [9.17, 15) is 9.59 Å². The van der Waals surface area contributed by atoms with Crippen molar-refractivity contribution in [1.29, 1.82) is 0 Å². The molecule has 152 valence electrons. The molecule has 8 heteroatoms. The van der Waals surface area contributed by atoms with Crippen LogP contribution in [0.25, 0.3) is 11.0 Å². The Bertz CT molecular complexity index is 1290. The molecule has 0 saturated carbocycles. The SMILES string of the molecule is Cc1nc(C(OC(=O)c2cc3cc(Cl)ccc3oc2=O)c2ccc(Cl)cc2)sc1C. The predicted octanol–water partition coefficient (Wildman–Crippen LogP) is 6.12. The van der Waals surface area contributed by atoms with Crippen molar-refractivity contribution in [3.05, 3.63) is 95.7 Å². The van der Waals surface area contributed by atoms with Crippen LogP contribution in [0.1, 0.15) is 37.6 Å². The maximum Gasteiger partial charge on any atom is 0.351 e. The number of aromatic nitrogens is 1. The van der Waals surface area contributed by atoms with Gasteiger partial charge in [0.15, 0.2) is 6.10 Å². The van der Waals surface area contributed by atoms with E-state index in [4.69, 9.17) is 32.4 Å². The van der Waals surface area contributed by atoms with Crippen molar-refractivity contribution in [1.82, 2.24) is 4.98 Å². The van der Waals surface area contributed by atoms with Gasteiger partial charge in [0.2, 0.25) is 0 Å². The molecule has 1 unspecified atom stereocenters. The Hall–Kier alpha value is -2.67. The summed E-state index contributed by atoms with van der Waals surface area (Å²) in [6.45, 7) is 3.83. The van der Waals surface area contributed by atoms with E-state index in [1.807, 2.05) is 13.8 Å². The standard InChI is InChI=1S/C22H15Cl2NO4S/c1-11-12(2)30-20(25-11)19(13-3-5-15(23)6-4-13)29-22(27)17-10-14-9-16(24)7-8-18(14)28-21(17)26/h3-10,19H,1-2H3. The molecule has 2 heterocycles. The van der Waals surface area contributed by atoms with Crippen LogP contribution in [0, 0.1) is 13.8 Å². The van der Waals surface area contributed by atoms with Crippen molar-refractivity contribution in [2.75, 3.05) is 0 Å². The summed E-state index contributed by atoms with van der Waals surface area (Å²) in [5, 5.41) is 2.15. The average Bonchev–Trinajstić information content (AvgIpc) is 3.04. The Morgan fingerprint density at radius 2 is 1.77 bits per heavy atom. The second-order valence-corrected chi connectivity index (χ2v) is 8.77. The number of carbonyl (C=O) groups is 1. The summed E-state index contributed by atoms with van der Waals surface area (Å²) < 4.78 is 11.0. The highest BCUT2D eigenvalue weighted by Gasteiger charge is 2.26. The number of halogens is 2. The first kappa shape index (κ1) is 20.6. The molecule has 0 fully saturated rings. The zero-order chi connectivity index (χ0) is 21.4. The van der Waals surface area contributed by atoms with Crippen LogP contribution in [0.3, 0.4) is 0 Å². The second-order valence-electron chi connectivity index (χ2n) is 6.66. The first-order valence-electron chi connectivity index (χ1n) is 8.95. The molecule has 0 aliphatic heterocycles. The fourth-order valence-corrected chi connectivity index (χ4v) is 4.20. The lowest BCUT2D eigenvalue weighted by molar-refractivity contribution is 0.0373. The van der Waals surface area contributed by atoms with Crippen LogP contribution in [0.2, 0.25) is 10.0 Å². The summed E-state index contributed by atoms with van der Waals surface area (Å²) in [5.74, 6) is -0.809. The monoisotopic (exact) mass is 459 g/mol. The minimum absolute atomic E-state index is 0.214. The molecule has 4 rings (SSSR count). The van der Waals surface area contributed by atoms with Crippen molar-refractivity contribution < 1.29 is 13.9 Å². The molecule has 5 nitrogen and oxygen atoms in total. The van der Waals surface area contributed by atoms with Gasteiger partial charge in [-0.1, -0.05) is 35.3 Å². The molecule has 0 N–H and O–H groups in total. The van der Waals surface area contributed by atoms with Gasteiger partial charge in [-0.15, -0.1) is 11.3 Å². The van der Waals surface area contributed by atoms with Crippen LogP contribution in [0.15, 0.2) is 57.7 Å². The normalized spacial score (nSPS) is 12.1. The van der Waals surface area contributed by atoms with Gasteiger partial charge in [0.05, 0.1) is 5.69 Å². The Balaban J connectivity index is 1.75. The number of nitrogens with zero attached hydrogens (tertiary/aromatic N) is 1. The van der Waals surface area contributed by atoms with Crippen LogP contribution >= 0.6 is 34.5 Å². The summed E-state index contributed by atoms with van der Waals surface area (Å²) in [4.78, 5) is 30.9. The van der Waals surface area contributed by atoms with Gasteiger partial charge in [0.1, 0.15) is 16.2 Å². The number of fused-ring (bicyclic) bond motifs is 1. The molecule has 4 aromatic rings. The highest BCUT2D eigenvalue weighted by atomic mass is 35.5. The van der Waals surface area contributed by atoms with Crippen LogP contribution in [0.5, 0.6) is 0 Å². The third-order valence-corrected chi connectivity index (χ3v) is 6.18. The summed E-state index contributed by atoms with van der Waals surface area (Å²) in [5.41, 5.74) is 0.880. The minimum Gasteiger partial charge on any atom is -0.446 e. The van der Waals surface area contributed by atoms with E-state index in [1.54, 1.807) is 42.5 Å². The van der Waals surface area contributed by atoms with Gasteiger partial charge in [-0.3, -0.25) is 0 Å². The molecule has 0 radical (unpaired) electrons. The van der Waals surface area contributed by atoms with E-state index < -0.39 is 17.7 Å². The fraction of sp³-hybridized carbons (Fsp3) is 0.136. The van der Waals surface area contributed by atoms with Gasteiger partial charge < -0.3 is 9.15 Å². The van der Waals surface area contributed by atoms with Gasteiger partial charge in [-0.2, -0.15) is 0 Å². The number of esters is 1. The number of hydrogen-bond acceptors (Lipinski definition) is 6. The quantitative estimate of drug-likeness (QED) is 0.271. The van der Waals surface area contributed by atoms with Crippen LogP contribution in [-0.4, -0.2) is 11.0 Å². The first-order valence-corrected chi connectivity index (χ1v) is 10.5. The Morgan fingerprint density at radius 3 is 2.43 bits per heavy atom. The van der Waals surface area contributed by atoms with Gasteiger partial charge in [-0.25, -0.2) is 14.6 Å². The molecular formula is C22H15Cl2NO4S. The molecular weight excluding hydrogens is 445 g/mol. The van der Waals surface area contributed by atoms with Gasteiger partial charge in [0.25, 0.3) is 0 Å². The lowest BCUT2D eigenvalue weighted by atomic mass is 10.1. The van der Waals surface area contributed by atoms with Crippen LogP contribution in [0.4, 0.5) is 0 Å². The molecule has 0 aliphatic rings. The molecule has 0 bridgehead atoms. The van der Waals surface area contributed by atoms with Gasteiger partial charge >= 0.3 is 11.6 Å². The van der Waals surface area contributed by atoms with E-state index >= 15 is 0 Å². The van der Waals surface area contributed by atoms with E-state index in [-0.39, 0.29) is 5.56 Å². The topological polar surface area (TPSA) is 69.4 Å². The number of benzene rings is 2. The zero-order valence-corrected chi connectivity index (χ0v) is 18.3. The number of thiazole rings is 1. The van der Waals surface area contributed by atoms with Gasteiger partial charge in [-0.05, 0) is 55.8 Å². The van der Waals surface area contributed by atoms with Gasteiger partial charge in [0, 0.05) is 20.3 Å². The highest BCUT2D eigenvalue weighted by molar-refractivity contribution is 7.11. The summed E-state index contributed by atoms with van der Waals surface area (Å²) >= 11 is 13.4. The molecule has 2 aromatic heterocycles. The van der Waals surface area contributed by atoms with Crippen molar-refractivity contribution in [2.45, 2.75) is 20.0 Å². The van der Waals surface area contributed by atoms with E-state index in [0.717, 1.165) is 10.6 Å². The van der Waals surface area contributed by atoms with E-state index in [0.29, 0.717) is 31.6 Å². The lowest BCUT2D eigenvalue weighted by Gasteiger charge is -2.16. The Morgan fingerprint density at radius 1 is 1.07 bits per heavy atom. The number of hydrogen-bond donors (Lipinski definition) is 0. The Labute approximate surface area is 185 Å². The summed E-state index contributed by atoms with van der Waals surface area (Å²) in [6, 6.07) is 13.1. The number of rotatable bonds is 4. The lowest BCUT2D eigenvalue weighted by Crippen LogP contribution is -2.19. The smallest absolute Gasteiger partial charge is 0.351 e. The summed E-state index contributed by atoms with van der Waals surface area (Å²) in [6.07, 6.45) is -0.790. The zero-order valence-electron chi connectivity index (χ0n) is 15.9. The third kappa shape index (κ3) is 4.12. The largest absolute Gasteiger partial charge is 0.446 e. The summed E-state index contributed by atoms with van der Waals surface area (Å²) in [7, 11) is 0. The second kappa shape index (κ2) is 8.22. The predicted molar refractivity (Wildman–Crippen MR) is 118 cm³/mol. The molecule has 0 spiro atoms. The fourth-order valence-electron chi connectivity index (χ4n) is 2.92. The molecule has 0 saturated heterocycles. The first-order chi connectivity index (χ1) is 14.3. The molecule has 30 heavy (non-hydrogen) atoms. The van der Waals surface area contributed by atoms with Crippen molar-refractivity contribution in [3.63, 3.8) is 0 Å². The van der Waals surface area contributed by atoms with E-state index in [1.165, 1.54) is 17.4 Å². The highest BCUT2D eigenvalue weighted by Crippen LogP contribution is 2.32. The number of ether oxygens (including phenoxy) is 1. The van der Waals surface area contributed by atoms with E-state index in [2.05, 4.69) is 4.98 Å². The van der Waals surface area contributed by atoms with Crippen molar-refractivity contribution >= 4 is 51.5 Å². The van der Waals surface area contributed by atoms with Crippen molar-refractivity contribution in [3.8, 4) is 0 Å². The molecule has 2 aromatic carbocycles. The average molecular weight is 460 g/mol. The maximum atomic E-state index is 12.9. The third-order valence-electron chi connectivity index (χ3n) is 4.58. The minimum atomic E-state index is -0.809. The number of aryl methyl sites for hydroxylation is 2. The Kier molecular flexibility index (Phi) is 5.64. The number of carbonyl (C=O) groups excluding carboxylic acids is 1. The van der Waals surface area contributed by atoms with Crippen LogP contribution in [-0.2, 0) is 4.74 Å². The maximum absolute atomic E-state index is 12.9. The van der Waals surface area contributed by atoms with Crippen molar-refractivity contribution in [2.24, 2.45) is 0 Å². The molecule has 1 atom stereocenters.